The van der Waals surface area contributed by atoms with E-state index in [2.05, 4.69) is 10.0 Å². The molecule has 0 heterocycles. The standard InChI is InChI=1S/C18H21ClN2O4S/c1-4-25-14-8-10-15(11-9-14)26(23,24)21-13(3)18(22)20-17-7-5-6-16(19)12(17)2/h5-11,13,21H,4H2,1-3H3,(H,20,22)/t13-/m1/s1. The van der Waals surface area contributed by atoms with Gasteiger partial charge in [0.1, 0.15) is 5.75 Å². The molecule has 0 bridgehead atoms. The summed E-state index contributed by atoms with van der Waals surface area (Å²) in [6, 6.07) is 10.1. The maximum atomic E-state index is 12.4. The van der Waals surface area contributed by atoms with E-state index in [1.54, 1.807) is 37.3 Å². The van der Waals surface area contributed by atoms with Gasteiger partial charge in [-0.1, -0.05) is 17.7 Å². The third-order valence-corrected chi connectivity index (χ3v) is 5.66. The molecule has 6 nitrogen and oxygen atoms in total. The molecule has 0 aromatic heterocycles. The molecule has 2 N–H and O–H groups in total. The van der Waals surface area contributed by atoms with Crippen LogP contribution in [0.2, 0.25) is 5.02 Å². The van der Waals surface area contributed by atoms with Crippen LogP contribution in [0.1, 0.15) is 19.4 Å². The van der Waals surface area contributed by atoms with Crippen molar-refractivity contribution < 1.29 is 17.9 Å². The molecule has 26 heavy (non-hydrogen) atoms. The number of carbonyl (C=O) groups is 1. The third-order valence-electron chi connectivity index (χ3n) is 3.70. The van der Waals surface area contributed by atoms with Gasteiger partial charge >= 0.3 is 0 Å². The average molecular weight is 397 g/mol. The summed E-state index contributed by atoms with van der Waals surface area (Å²) in [6.07, 6.45) is 0. The molecule has 0 saturated heterocycles. The molecule has 1 atom stereocenters. The van der Waals surface area contributed by atoms with Gasteiger partial charge in [-0.15, -0.1) is 0 Å². The van der Waals surface area contributed by atoms with Crippen LogP contribution < -0.4 is 14.8 Å². The quantitative estimate of drug-likeness (QED) is 0.751. The van der Waals surface area contributed by atoms with E-state index in [1.807, 2.05) is 6.92 Å². The number of carbonyl (C=O) groups excluding carboxylic acids is 1. The van der Waals surface area contributed by atoms with Crippen LogP contribution in [0.4, 0.5) is 5.69 Å². The number of amides is 1. The summed E-state index contributed by atoms with van der Waals surface area (Å²) in [5, 5.41) is 3.20. The van der Waals surface area contributed by atoms with Crippen molar-refractivity contribution in [1.82, 2.24) is 4.72 Å². The number of hydrogen-bond acceptors (Lipinski definition) is 4. The van der Waals surface area contributed by atoms with Gasteiger partial charge in [0.2, 0.25) is 15.9 Å². The van der Waals surface area contributed by atoms with Gasteiger partial charge in [0.05, 0.1) is 17.5 Å². The van der Waals surface area contributed by atoms with Crippen LogP contribution in [-0.2, 0) is 14.8 Å². The number of halogens is 1. The predicted octanol–water partition coefficient (Wildman–Crippen LogP) is 3.35. The highest BCUT2D eigenvalue weighted by molar-refractivity contribution is 7.89. The van der Waals surface area contributed by atoms with Crippen LogP contribution in [0.3, 0.4) is 0 Å². The summed E-state index contributed by atoms with van der Waals surface area (Å²) in [6.45, 7) is 5.58. The van der Waals surface area contributed by atoms with Crippen molar-refractivity contribution >= 4 is 33.2 Å². The van der Waals surface area contributed by atoms with E-state index < -0.39 is 22.0 Å². The Morgan fingerprint density at radius 3 is 2.46 bits per heavy atom. The van der Waals surface area contributed by atoms with E-state index >= 15 is 0 Å². The average Bonchev–Trinajstić information content (AvgIpc) is 2.59. The molecule has 1 amide bonds. The summed E-state index contributed by atoms with van der Waals surface area (Å²) < 4.78 is 32.5. The molecule has 2 aromatic carbocycles. The fourth-order valence-corrected chi connectivity index (χ4v) is 3.60. The number of anilines is 1. The van der Waals surface area contributed by atoms with Gasteiger partial charge in [0.15, 0.2) is 0 Å². The van der Waals surface area contributed by atoms with Gasteiger partial charge in [0, 0.05) is 10.7 Å². The Kier molecular flexibility index (Phi) is 6.63. The van der Waals surface area contributed by atoms with Gasteiger partial charge in [-0.05, 0) is 62.7 Å². The van der Waals surface area contributed by atoms with Gasteiger partial charge in [-0.3, -0.25) is 4.79 Å². The predicted molar refractivity (Wildman–Crippen MR) is 102 cm³/mol. The van der Waals surface area contributed by atoms with Gasteiger partial charge in [0.25, 0.3) is 0 Å². The summed E-state index contributed by atoms with van der Waals surface area (Å²) in [5.41, 5.74) is 1.25. The van der Waals surface area contributed by atoms with Crippen LogP contribution in [-0.4, -0.2) is 27.0 Å². The van der Waals surface area contributed by atoms with Crippen molar-refractivity contribution in [1.29, 1.82) is 0 Å². The zero-order chi connectivity index (χ0) is 19.3. The molecule has 0 aliphatic heterocycles. The lowest BCUT2D eigenvalue weighted by Gasteiger charge is -2.16. The molecular formula is C18H21ClN2O4S. The first kappa shape index (κ1) is 20.2. The Morgan fingerprint density at radius 1 is 1.19 bits per heavy atom. The topological polar surface area (TPSA) is 84.5 Å². The van der Waals surface area contributed by atoms with Crippen LogP contribution in [0.25, 0.3) is 0 Å². The zero-order valence-corrected chi connectivity index (χ0v) is 16.3. The molecule has 0 spiro atoms. The second kappa shape index (κ2) is 8.53. The van der Waals surface area contributed by atoms with E-state index in [9.17, 15) is 13.2 Å². The molecule has 140 valence electrons. The molecule has 8 heteroatoms. The first-order valence-corrected chi connectivity index (χ1v) is 9.92. The molecule has 2 rings (SSSR count). The lowest BCUT2D eigenvalue weighted by molar-refractivity contribution is -0.117. The first-order valence-electron chi connectivity index (χ1n) is 8.05. The van der Waals surface area contributed by atoms with Gasteiger partial charge in [-0.2, -0.15) is 4.72 Å². The van der Waals surface area contributed by atoms with E-state index in [0.29, 0.717) is 28.6 Å². The maximum absolute atomic E-state index is 12.4. The highest BCUT2D eigenvalue weighted by Gasteiger charge is 2.22. The Bertz CT molecular complexity index is 883. The highest BCUT2D eigenvalue weighted by Crippen LogP contribution is 2.23. The second-order valence-electron chi connectivity index (χ2n) is 5.65. The Labute approximate surface area is 158 Å². The van der Waals surface area contributed by atoms with Crippen LogP contribution in [0.15, 0.2) is 47.4 Å². The molecule has 0 aliphatic carbocycles. The Balaban J connectivity index is 2.08. The smallest absolute Gasteiger partial charge is 0.242 e. The monoisotopic (exact) mass is 396 g/mol. The van der Waals surface area contributed by atoms with Gasteiger partial charge < -0.3 is 10.1 Å². The molecular weight excluding hydrogens is 376 g/mol. The van der Waals surface area contributed by atoms with Crippen molar-refractivity contribution in [2.45, 2.75) is 31.7 Å². The van der Waals surface area contributed by atoms with E-state index in [4.69, 9.17) is 16.3 Å². The zero-order valence-electron chi connectivity index (χ0n) is 14.7. The minimum Gasteiger partial charge on any atom is -0.494 e. The second-order valence-corrected chi connectivity index (χ2v) is 7.77. The minimum absolute atomic E-state index is 0.0551. The summed E-state index contributed by atoms with van der Waals surface area (Å²) >= 11 is 6.03. The fourth-order valence-electron chi connectivity index (χ4n) is 2.22. The normalized spacial score (nSPS) is 12.5. The fraction of sp³-hybridized carbons (Fsp3) is 0.278. The minimum atomic E-state index is -3.84. The number of ether oxygens (including phenoxy) is 1. The number of benzene rings is 2. The number of rotatable bonds is 7. The van der Waals surface area contributed by atoms with E-state index in [-0.39, 0.29) is 4.90 Å². The van der Waals surface area contributed by atoms with Gasteiger partial charge in [-0.25, -0.2) is 8.42 Å². The third kappa shape index (κ3) is 4.97. The lowest BCUT2D eigenvalue weighted by Crippen LogP contribution is -2.41. The van der Waals surface area contributed by atoms with Crippen LogP contribution >= 0.6 is 11.6 Å². The Morgan fingerprint density at radius 2 is 1.85 bits per heavy atom. The number of nitrogens with one attached hydrogen (secondary N) is 2. The van der Waals surface area contributed by atoms with Crippen LogP contribution in [0, 0.1) is 6.92 Å². The lowest BCUT2D eigenvalue weighted by atomic mass is 10.2. The maximum Gasteiger partial charge on any atom is 0.242 e. The molecule has 0 fully saturated rings. The molecule has 0 aliphatic rings. The summed E-state index contributed by atoms with van der Waals surface area (Å²) in [4.78, 5) is 12.4. The largest absolute Gasteiger partial charge is 0.494 e. The van der Waals surface area contributed by atoms with E-state index in [0.717, 1.165) is 0 Å². The SMILES string of the molecule is CCOc1ccc(S(=O)(=O)N[C@H](C)C(=O)Nc2cccc(Cl)c2C)cc1. The number of sulfonamides is 1. The van der Waals surface area contributed by atoms with Crippen molar-refractivity contribution in [3.8, 4) is 5.75 Å². The highest BCUT2D eigenvalue weighted by atomic mass is 35.5. The molecule has 2 aromatic rings. The summed E-state index contributed by atoms with van der Waals surface area (Å²) in [7, 11) is -3.84. The van der Waals surface area contributed by atoms with Crippen LogP contribution in [0.5, 0.6) is 5.75 Å². The molecule has 0 saturated carbocycles. The number of hydrogen-bond donors (Lipinski definition) is 2. The van der Waals surface area contributed by atoms with Crippen molar-refractivity contribution in [2.75, 3.05) is 11.9 Å². The summed E-state index contributed by atoms with van der Waals surface area (Å²) in [5.74, 6) is 0.0959. The van der Waals surface area contributed by atoms with Crippen molar-refractivity contribution in [3.63, 3.8) is 0 Å². The Hall–Kier alpha value is -2.09. The van der Waals surface area contributed by atoms with Crippen molar-refractivity contribution in [3.05, 3.63) is 53.1 Å². The van der Waals surface area contributed by atoms with Crippen molar-refractivity contribution in [2.24, 2.45) is 0 Å². The molecule has 0 unspecified atom stereocenters. The first-order chi connectivity index (χ1) is 12.2. The van der Waals surface area contributed by atoms with E-state index in [1.165, 1.54) is 19.1 Å². The molecule has 0 radical (unpaired) electrons.